The molecule has 0 spiro atoms. The van der Waals surface area contributed by atoms with Crippen LogP contribution in [0.4, 0.5) is 5.69 Å². The van der Waals surface area contributed by atoms with Gasteiger partial charge in [0.2, 0.25) is 5.89 Å². The van der Waals surface area contributed by atoms with E-state index in [9.17, 15) is 14.9 Å². The molecule has 0 unspecified atom stereocenters. The number of hydrogen-bond donors (Lipinski definition) is 0. The van der Waals surface area contributed by atoms with Crippen LogP contribution in [0.15, 0.2) is 65.2 Å². The molecule has 3 aromatic rings. The van der Waals surface area contributed by atoms with Gasteiger partial charge in [-0.25, -0.2) is 9.78 Å². The van der Waals surface area contributed by atoms with E-state index in [0.29, 0.717) is 16.3 Å². The Balaban J connectivity index is 1.54. The van der Waals surface area contributed by atoms with Gasteiger partial charge in [0.15, 0.2) is 12.4 Å². The lowest BCUT2D eigenvalue weighted by atomic mass is 10.2. The van der Waals surface area contributed by atoms with E-state index in [1.54, 1.807) is 30.5 Å². The third-order valence-corrected chi connectivity index (χ3v) is 3.79. The highest BCUT2D eigenvalue weighted by molar-refractivity contribution is 6.30. The monoisotopic (exact) mass is 384 g/mol. The van der Waals surface area contributed by atoms with Crippen molar-refractivity contribution in [2.75, 3.05) is 0 Å². The number of ether oxygens (including phenoxy) is 1. The molecule has 0 aliphatic heterocycles. The molecule has 2 aromatic carbocycles. The Hall–Kier alpha value is -3.45. The SMILES string of the molecule is O=C(/C=C/c1ccc([N+](=O)[O-])cc1)OCc1ncc(-c2ccc(Cl)cc2)o1. The number of halogens is 1. The van der Waals surface area contributed by atoms with Crippen LogP contribution in [-0.2, 0) is 16.1 Å². The van der Waals surface area contributed by atoms with Gasteiger partial charge >= 0.3 is 5.97 Å². The smallest absolute Gasteiger partial charge is 0.331 e. The minimum atomic E-state index is -0.584. The summed E-state index contributed by atoms with van der Waals surface area (Å²) in [5, 5.41) is 11.2. The third-order valence-electron chi connectivity index (χ3n) is 3.54. The predicted octanol–water partition coefficient (Wildman–Crippen LogP) is 4.66. The number of oxazole rings is 1. The largest absolute Gasteiger partial charge is 0.453 e. The van der Waals surface area contributed by atoms with Crippen LogP contribution in [0.3, 0.4) is 0 Å². The van der Waals surface area contributed by atoms with E-state index >= 15 is 0 Å². The minimum absolute atomic E-state index is 0.0184. The molecule has 136 valence electrons. The van der Waals surface area contributed by atoms with Crippen LogP contribution in [0.2, 0.25) is 5.02 Å². The van der Waals surface area contributed by atoms with Crippen molar-refractivity contribution in [2.24, 2.45) is 0 Å². The highest BCUT2D eigenvalue weighted by Gasteiger charge is 2.08. The van der Waals surface area contributed by atoms with Crippen molar-refractivity contribution in [3.63, 3.8) is 0 Å². The van der Waals surface area contributed by atoms with Crippen molar-refractivity contribution in [3.8, 4) is 11.3 Å². The molecule has 1 aromatic heterocycles. The van der Waals surface area contributed by atoms with Gasteiger partial charge in [-0.3, -0.25) is 10.1 Å². The topological polar surface area (TPSA) is 95.5 Å². The number of rotatable bonds is 6. The Morgan fingerprint density at radius 3 is 2.56 bits per heavy atom. The molecule has 0 saturated carbocycles. The van der Waals surface area contributed by atoms with E-state index in [1.807, 2.05) is 0 Å². The Bertz CT molecular complexity index is 978. The highest BCUT2D eigenvalue weighted by atomic mass is 35.5. The van der Waals surface area contributed by atoms with E-state index in [2.05, 4.69) is 4.98 Å². The van der Waals surface area contributed by atoms with Crippen LogP contribution >= 0.6 is 11.6 Å². The quantitative estimate of drug-likeness (QED) is 0.265. The summed E-state index contributed by atoms with van der Waals surface area (Å²) in [7, 11) is 0. The first-order chi connectivity index (χ1) is 13.0. The van der Waals surface area contributed by atoms with Crippen LogP contribution in [0.5, 0.6) is 0 Å². The Kier molecular flexibility index (Phi) is 5.63. The van der Waals surface area contributed by atoms with Gasteiger partial charge in [0.1, 0.15) is 0 Å². The molecule has 0 bridgehead atoms. The fraction of sp³-hybridized carbons (Fsp3) is 0.0526. The maximum Gasteiger partial charge on any atom is 0.331 e. The lowest BCUT2D eigenvalue weighted by molar-refractivity contribution is -0.384. The van der Waals surface area contributed by atoms with Gasteiger partial charge in [-0.2, -0.15) is 0 Å². The van der Waals surface area contributed by atoms with Crippen molar-refractivity contribution in [1.29, 1.82) is 0 Å². The van der Waals surface area contributed by atoms with Crippen LogP contribution in [0, 0.1) is 10.1 Å². The number of carbonyl (C=O) groups excluding carboxylic acids is 1. The maximum absolute atomic E-state index is 11.8. The number of carbonyl (C=O) groups is 1. The lowest BCUT2D eigenvalue weighted by Gasteiger charge is -1.99. The highest BCUT2D eigenvalue weighted by Crippen LogP contribution is 2.22. The zero-order valence-electron chi connectivity index (χ0n) is 13.9. The van der Waals surface area contributed by atoms with Gasteiger partial charge in [0.25, 0.3) is 5.69 Å². The number of hydrogen-bond acceptors (Lipinski definition) is 6. The van der Waals surface area contributed by atoms with Crippen molar-refractivity contribution in [3.05, 3.63) is 87.4 Å². The number of benzene rings is 2. The average molecular weight is 385 g/mol. The fourth-order valence-electron chi connectivity index (χ4n) is 2.18. The molecule has 0 aliphatic rings. The van der Waals surface area contributed by atoms with Crippen LogP contribution < -0.4 is 0 Å². The summed E-state index contributed by atoms with van der Waals surface area (Å²) in [6, 6.07) is 12.9. The number of non-ortho nitro benzene ring substituents is 1. The van der Waals surface area contributed by atoms with E-state index in [1.165, 1.54) is 36.4 Å². The number of esters is 1. The molecular formula is C19H13ClN2O5. The average Bonchev–Trinajstić information content (AvgIpc) is 3.14. The molecule has 0 atom stereocenters. The first-order valence-electron chi connectivity index (χ1n) is 7.81. The molecule has 3 rings (SSSR count). The number of nitro benzene ring substituents is 1. The minimum Gasteiger partial charge on any atom is -0.453 e. The number of aromatic nitrogens is 1. The second-order valence-corrected chi connectivity index (χ2v) is 5.85. The summed E-state index contributed by atoms with van der Waals surface area (Å²) in [4.78, 5) is 26.0. The van der Waals surface area contributed by atoms with E-state index in [0.717, 1.165) is 5.56 Å². The normalized spacial score (nSPS) is 10.9. The molecular weight excluding hydrogens is 372 g/mol. The summed E-state index contributed by atoms with van der Waals surface area (Å²) in [5.74, 6) is 0.218. The lowest BCUT2D eigenvalue weighted by Crippen LogP contribution is -2.00. The van der Waals surface area contributed by atoms with E-state index in [4.69, 9.17) is 20.8 Å². The van der Waals surface area contributed by atoms with Crippen molar-refractivity contribution in [1.82, 2.24) is 4.98 Å². The van der Waals surface area contributed by atoms with E-state index in [-0.39, 0.29) is 18.2 Å². The van der Waals surface area contributed by atoms with Crippen LogP contribution in [0.25, 0.3) is 17.4 Å². The van der Waals surface area contributed by atoms with Gasteiger partial charge in [0.05, 0.1) is 11.1 Å². The van der Waals surface area contributed by atoms with Crippen molar-refractivity contribution in [2.45, 2.75) is 6.61 Å². The second kappa shape index (κ2) is 8.29. The van der Waals surface area contributed by atoms with Crippen LogP contribution in [-0.4, -0.2) is 15.9 Å². The molecule has 0 N–H and O–H groups in total. The maximum atomic E-state index is 11.8. The first kappa shape index (κ1) is 18.3. The Morgan fingerprint density at radius 1 is 1.19 bits per heavy atom. The molecule has 1 heterocycles. The van der Waals surface area contributed by atoms with E-state index < -0.39 is 10.9 Å². The summed E-state index contributed by atoms with van der Waals surface area (Å²) >= 11 is 5.84. The van der Waals surface area contributed by atoms with Gasteiger partial charge < -0.3 is 9.15 Å². The Morgan fingerprint density at radius 2 is 1.89 bits per heavy atom. The number of nitro groups is 1. The van der Waals surface area contributed by atoms with Crippen molar-refractivity contribution >= 4 is 29.3 Å². The molecule has 0 amide bonds. The molecule has 0 saturated heterocycles. The van der Waals surface area contributed by atoms with Crippen LogP contribution in [0.1, 0.15) is 11.5 Å². The van der Waals surface area contributed by atoms with Crippen molar-refractivity contribution < 1.29 is 18.9 Å². The molecule has 0 radical (unpaired) electrons. The second-order valence-electron chi connectivity index (χ2n) is 5.41. The molecule has 8 heteroatoms. The summed E-state index contributed by atoms with van der Waals surface area (Å²) < 4.78 is 10.6. The zero-order valence-corrected chi connectivity index (χ0v) is 14.6. The summed E-state index contributed by atoms with van der Waals surface area (Å²) in [6.45, 7) is -0.114. The van der Waals surface area contributed by atoms with Gasteiger partial charge in [0, 0.05) is 28.8 Å². The summed E-state index contributed by atoms with van der Waals surface area (Å²) in [5.41, 5.74) is 1.43. The van der Waals surface area contributed by atoms with Gasteiger partial charge in [-0.15, -0.1) is 0 Å². The molecule has 0 fully saturated rings. The molecule has 7 nitrogen and oxygen atoms in total. The zero-order chi connectivity index (χ0) is 19.2. The number of nitrogens with zero attached hydrogens (tertiary/aromatic N) is 2. The Labute approximate surface area is 159 Å². The van der Waals surface area contributed by atoms with Gasteiger partial charge in [-0.05, 0) is 48.0 Å². The summed E-state index contributed by atoms with van der Waals surface area (Å²) in [6.07, 6.45) is 4.27. The third kappa shape index (κ3) is 5.02. The molecule has 0 aliphatic carbocycles. The first-order valence-corrected chi connectivity index (χ1v) is 8.19. The predicted molar refractivity (Wildman–Crippen MR) is 98.9 cm³/mol. The standard InChI is InChI=1S/C19H13ClN2O5/c20-15-6-4-14(5-7-15)17-11-21-18(27-17)12-26-19(23)10-3-13-1-8-16(9-2-13)22(24)25/h1-11H,12H2/b10-3+. The molecule has 27 heavy (non-hydrogen) atoms. The van der Waals surface area contributed by atoms with Gasteiger partial charge in [-0.1, -0.05) is 11.6 Å². The fourth-order valence-corrected chi connectivity index (χ4v) is 2.30.